The lowest BCUT2D eigenvalue weighted by molar-refractivity contribution is 0.663. The molecule has 0 saturated carbocycles. The predicted molar refractivity (Wildman–Crippen MR) is 256 cm³/mol. The van der Waals surface area contributed by atoms with Crippen LogP contribution in [0.2, 0.25) is 0 Å². The lowest BCUT2D eigenvalue weighted by Crippen LogP contribution is -2.33. The molecule has 9 aromatic carbocycles. The Hall–Kier alpha value is -8.48. The maximum Gasteiger partial charge on any atom is 0.159 e. The lowest BCUT2D eigenvalue weighted by Gasteiger charge is -2.24. The molecule has 0 radical (unpaired) electrons. The first-order valence-corrected chi connectivity index (χ1v) is 21.2. The van der Waals surface area contributed by atoms with E-state index in [1.54, 1.807) is 0 Å². The lowest BCUT2D eigenvalue weighted by atomic mass is 9.93. The molecule has 0 amide bonds. The molecule has 0 bridgehead atoms. The molecule has 0 fully saturated rings. The van der Waals surface area contributed by atoms with Crippen LogP contribution in [-0.2, 0) is 0 Å². The zero-order chi connectivity index (χ0) is 41.4. The molecule has 1 atom stereocenters. The van der Waals surface area contributed by atoms with Crippen LogP contribution in [0, 0.1) is 0 Å². The van der Waals surface area contributed by atoms with Crippen molar-refractivity contribution in [1.29, 1.82) is 0 Å². The Morgan fingerprint density at radius 2 is 0.921 bits per heavy atom. The molecule has 1 N–H and O–H groups in total. The van der Waals surface area contributed by atoms with Crippen molar-refractivity contribution in [3.8, 4) is 33.4 Å². The van der Waals surface area contributed by atoms with Crippen LogP contribution in [0.25, 0.3) is 99.2 Å². The van der Waals surface area contributed by atoms with Crippen molar-refractivity contribution < 1.29 is 13.3 Å². The van der Waals surface area contributed by atoms with Crippen molar-refractivity contribution >= 4 is 77.5 Å². The molecule has 296 valence electrons. The Kier molecular flexibility index (Phi) is 7.87. The molecule has 1 unspecified atom stereocenters. The van der Waals surface area contributed by atoms with Gasteiger partial charge in [-0.2, -0.15) is 0 Å². The third-order valence-corrected chi connectivity index (χ3v) is 12.4. The van der Waals surface area contributed by atoms with E-state index in [0.717, 1.165) is 116 Å². The van der Waals surface area contributed by atoms with E-state index in [4.69, 9.17) is 23.2 Å². The molecule has 1 aliphatic heterocycles. The van der Waals surface area contributed by atoms with Gasteiger partial charge in [0, 0.05) is 54.6 Å². The molecule has 13 rings (SSSR count). The summed E-state index contributed by atoms with van der Waals surface area (Å²) < 4.78 is 19.8. The van der Waals surface area contributed by atoms with Crippen LogP contribution in [0.15, 0.2) is 223 Å². The highest BCUT2D eigenvalue weighted by Gasteiger charge is 2.26. The third-order valence-electron chi connectivity index (χ3n) is 12.4. The van der Waals surface area contributed by atoms with Crippen LogP contribution in [0.3, 0.4) is 0 Å². The van der Waals surface area contributed by atoms with Crippen molar-refractivity contribution in [1.82, 2.24) is 5.32 Å². The van der Waals surface area contributed by atoms with E-state index in [0.29, 0.717) is 5.84 Å². The number of rotatable bonds is 6. The number of hydrogen-bond donors (Lipinski definition) is 1. The number of furan rings is 3. The molecule has 1 aliphatic rings. The number of nitrogens with zero attached hydrogens (tertiary/aromatic N) is 2. The highest BCUT2D eigenvalue weighted by Crippen LogP contribution is 2.44. The van der Waals surface area contributed by atoms with Gasteiger partial charge < -0.3 is 18.6 Å². The molecule has 12 aromatic rings. The number of para-hydroxylation sites is 2. The molecular weight excluding hydrogens is 775 g/mol. The summed E-state index contributed by atoms with van der Waals surface area (Å²) in [4.78, 5) is 10.5. The topological polar surface area (TPSA) is 76.2 Å². The monoisotopic (exact) mass is 809 g/mol. The van der Waals surface area contributed by atoms with Gasteiger partial charge in [0.25, 0.3) is 0 Å². The number of aliphatic imine (C=N–C) groups is 2. The van der Waals surface area contributed by atoms with Crippen molar-refractivity contribution in [2.45, 2.75) is 6.17 Å². The first kappa shape index (κ1) is 35.3. The van der Waals surface area contributed by atoms with E-state index in [9.17, 15) is 0 Å². The first-order valence-electron chi connectivity index (χ1n) is 21.2. The SMILES string of the molecule is c1ccc(C2=NC(c3cccc4oc5c(-c6ccc7c(c6)oc6ccccc67)cc(-c6ccc7c(c6)oc6ccccc67)cc5c34)NC(c3ccc(-c4ccccc4)cc3)=N2)cc1. The quantitative estimate of drug-likeness (QED) is 0.181. The minimum Gasteiger partial charge on any atom is -0.456 e. The van der Waals surface area contributed by atoms with Crippen LogP contribution in [0.4, 0.5) is 0 Å². The molecule has 63 heavy (non-hydrogen) atoms. The summed E-state index contributed by atoms with van der Waals surface area (Å²) in [6, 6.07) is 69.2. The van der Waals surface area contributed by atoms with Crippen LogP contribution < -0.4 is 5.32 Å². The number of amidine groups is 2. The summed E-state index contributed by atoms with van der Waals surface area (Å²) in [5.74, 6) is 1.41. The van der Waals surface area contributed by atoms with E-state index < -0.39 is 6.17 Å². The number of nitrogens with one attached hydrogen (secondary N) is 1. The van der Waals surface area contributed by atoms with Crippen LogP contribution in [0.1, 0.15) is 22.9 Å². The van der Waals surface area contributed by atoms with Crippen molar-refractivity contribution in [2.24, 2.45) is 9.98 Å². The van der Waals surface area contributed by atoms with Gasteiger partial charge in [0.05, 0.1) is 0 Å². The van der Waals surface area contributed by atoms with E-state index in [-0.39, 0.29) is 0 Å². The van der Waals surface area contributed by atoms with Crippen molar-refractivity contribution in [3.63, 3.8) is 0 Å². The Labute approximate surface area is 361 Å². The highest BCUT2D eigenvalue weighted by atomic mass is 16.3. The van der Waals surface area contributed by atoms with Gasteiger partial charge in [-0.1, -0.05) is 146 Å². The highest BCUT2D eigenvalue weighted by molar-refractivity contribution is 6.16. The average molecular weight is 810 g/mol. The summed E-state index contributed by atoms with van der Waals surface area (Å²) in [5.41, 5.74) is 14.2. The van der Waals surface area contributed by atoms with E-state index >= 15 is 0 Å². The summed E-state index contributed by atoms with van der Waals surface area (Å²) in [5, 5.41) is 10.1. The van der Waals surface area contributed by atoms with Gasteiger partial charge in [-0.15, -0.1) is 0 Å². The minimum absolute atomic E-state index is 0.475. The average Bonchev–Trinajstić information content (AvgIpc) is 4.05. The van der Waals surface area contributed by atoms with Gasteiger partial charge in [-0.25, -0.2) is 9.98 Å². The van der Waals surface area contributed by atoms with Gasteiger partial charge in [-0.3, -0.25) is 0 Å². The molecule has 6 nitrogen and oxygen atoms in total. The van der Waals surface area contributed by atoms with Gasteiger partial charge in [-0.05, 0) is 82.4 Å². The van der Waals surface area contributed by atoms with Gasteiger partial charge in [0.1, 0.15) is 45.5 Å². The first-order chi connectivity index (χ1) is 31.2. The number of benzene rings is 9. The smallest absolute Gasteiger partial charge is 0.159 e. The third kappa shape index (κ3) is 5.87. The number of fused-ring (bicyclic) bond motifs is 9. The summed E-state index contributed by atoms with van der Waals surface area (Å²) >= 11 is 0. The molecule has 0 saturated heterocycles. The van der Waals surface area contributed by atoms with Crippen LogP contribution in [0.5, 0.6) is 0 Å². The Morgan fingerprint density at radius 3 is 1.63 bits per heavy atom. The second kappa shape index (κ2) is 14.0. The standard InChI is InChI=1S/C57H35N3O3/c1-3-12-34(13-4-1)35-22-24-37(25-23-35)56-58-55(36-14-5-2-6-15-36)59-57(60-56)45-18-11-21-50-53(45)47-31-40(38-26-28-43-41-16-7-9-19-48(41)61-51(43)32-38)30-46(54(47)63-50)39-27-29-44-42-17-8-10-20-49(42)62-52(44)33-39/h1-33,57H,(H,58,59,60). The fraction of sp³-hybridized carbons (Fsp3) is 0.0175. The second-order valence-corrected chi connectivity index (χ2v) is 16.1. The zero-order valence-corrected chi connectivity index (χ0v) is 33.7. The Bertz CT molecular complexity index is 3820. The van der Waals surface area contributed by atoms with Crippen molar-refractivity contribution in [3.05, 3.63) is 217 Å². The van der Waals surface area contributed by atoms with Crippen LogP contribution in [-0.4, -0.2) is 11.7 Å². The normalized spacial score (nSPS) is 14.2. The predicted octanol–water partition coefficient (Wildman–Crippen LogP) is 14.9. The minimum atomic E-state index is -0.475. The van der Waals surface area contributed by atoms with E-state index in [1.165, 1.54) is 5.56 Å². The molecule has 6 heteroatoms. The van der Waals surface area contributed by atoms with E-state index in [2.05, 4.69) is 145 Å². The maximum atomic E-state index is 6.96. The zero-order valence-electron chi connectivity index (χ0n) is 33.7. The summed E-state index contributed by atoms with van der Waals surface area (Å²) in [6.07, 6.45) is -0.475. The number of hydrogen-bond acceptors (Lipinski definition) is 6. The molecular formula is C57H35N3O3. The Balaban J connectivity index is 1.01. The van der Waals surface area contributed by atoms with E-state index in [1.807, 2.05) is 60.7 Å². The fourth-order valence-corrected chi connectivity index (χ4v) is 9.29. The van der Waals surface area contributed by atoms with Gasteiger partial charge in [0.15, 0.2) is 5.84 Å². The molecule has 3 aromatic heterocycles. The summed E-state index contributed by atoms with van der Waals surface area (Å²) in [7, 11) is 0. The van der Waals surface area contributed by atoms with Crippen LogP contribution >= 0.6 is 0 Å². The molecule has 0 aliphatic carbocycles. The fourth-order valence-electron chi connectivity index (χ4n) is 9.29. The largest absolute Gasteiger partial charge is 0.456 e. The maximum absolute atomic E-state index is 6.96. The van der Waals surface area contributed by atoms with Crippen molar-refractivity contribution in [2.75, 3.05) is 0 Å². The van der Waals surface area contributed by atoms with Gasteiger partial charge >= 0.3 is 0 Å². The second-order valence-electron chi connectivity index (χ2n) is 16.1. The molecule has 0 spiro atoms. The molecule has 4 heterocycles. The van der Waals surface area contributed by atoms with Gasteiger partial charge in [0.2, 0.25) is 0 Å². The summed E-state index contributed by atoms with van der Waals surface area (Å²) in [6.45, 7) is 0. The Morgan fingerprint density at radius 1 is 0.365 bits per heavy atom.